The summed E-state index contributed by atoms with van der Waals surface area (Å²) in [5.41, 5.74) is 2.19. The molecule has 0 saturated carbocycles. The molecule has 0 spiro atoms. The largest absolute Gasteiger partial charge is 0.497 e. The van der Waals surface area contributed by atoms with Crippen molar-refractivity contribution in [3.05, 3.63) is 95.4 Å². The first kappa shape index (κ1) is 25.1. The minimum atomic E-state index is -1.13. The predicted molar refractivity (Wildman–Crippen MR) is 140 cm³/mol. The minimum absolute atomic E-state index is 0.0838. The van der Waals surface area contributed by atoms with Gasteiger partial charge in [0.2, 0.25) is 5.91 Å². The van der Waals surface area contributed by atoms with E-state index in [2.05, 4.69) is 15.6 Å². The third-order valence-electron chi connectivity index (χ3n) is 6.26. The summed E-state index contributed by atoms with van der Waals surface area (Å²) in [6.45, 7) is 5.64. The van der Waals surface area contributed by atoms with Crippen molar-refractivity contribution in [1.29, 1.82) is 0 Å². The number of hydrogen-bond acceptors (Lipinski definition) is 5. The van der Waals surface area contributed by atoms with E-state index in [1.165, 1.54) is 27.8 Å². The van der Waals surface area contributed by atoms with Crippen LogP contribution in [0.5, 0.6) is 5.75 Å². The molecule has 0 radical (unpaired) electrons. The number of methoxy groups -OCH3 is 1. The van der Waals surface area contributed by atoms with E-state index in [9.17, 15) is 14.0 Å². The lowest BCUT2D eigenvalue weighted by atomic mass is 9.99. The minimum Gasteiger partial charge on any atom is -0.497 e. The second-order valence-electron chi connectivity index (χ2n) is 10.2. The molecule has 1 N–H and O–H groups in total. The van der Waals surface area contributed by atoms with Crippen LogP contribution < -0.4 is 10.1 Å². The third-order valence-corrected chi connectivity index (χ3v) is 6.26. The summed E-state index contributed by atoms with van der Waals surface area (Å²) in [5, 5.41) is 11.6. The zero-order valence-corrected chi connectivity index (χ0v) is 21.6. The summed E-state index contributed by atoms with van der Waals surface area (Å²) in [6, 6.07) is 19.5. The van der Waals surface area contributed by atoms with E-state index in [0.29, 0.717) is 28.3 Å². The van der Waals surface area contributed by atoms with Gasteiger partial charge in [0.05, 0.1) is 12.8 Å². The number of rotatable bonds is 5. The fourth-order valence-electron chi connectivity index (χ4n) is 4.60. The number of halogens is 1. The molecule has 2 heterocycles. The van der Waals surface area contributed by atoms with Gasteiger partial charge in [0.15, 0.2) is 5.69 Å². The Morgan fingerprint density at radius 3 is 2.42 bits per heavy atom. The average molecular weight is 514 g/mol. The summed E-state index contributed by atoms with van der Waals surface area (Å²) in [4.78, 5) is 29.7. The number of benzene rings is 3. The average Bonchev–Trinajstić information content (AvgIpc) is 3.29. The maximum Gasteiger partial charge on any atom is 0.276 e. The van der Waals surface area contributed by atoms with Crippen LogP contribution in [0, 0.1) is 5.82 Å². The molecule has 8 nitrogen and oxygen atoms in total. The highest BCUT2D eigenvalue weighted by Gasteiger charge is 2.41. The fraction of sp³-hybridized carbons (Fsp3) is 0.241. The third kappa shape index (κ3) is 4.74. The van der Waals surface area contributed by atoms with Gasteiger partial charge in [-0.2, -0.15) is 0 Å². The van der Waals surface area contributed by atoms with Gasteiger partial charge in [0.1, 0.15) is 23.3 Å². The number of carbonyl (C=O) groups excluding carboxylic acids is 2. The standard InChI is InChI=1S/C29H28FN5O3/c1-29(2,3)31-27(36)25-22-16-20(30)12-15-23(22)35-26(24(32-33-35)19-8-6-5-7-9-19)28(37)34(25)17-18-10-13-21(38-4)14-11-18/h5-16,25H,17H2,1-4H3,(H,31,36). The van der Waals surface area contributed by atoms with Crippen molar-refractivity contribution < 1.29 is 18.7 Å². The number of hydrogen-bond donors (Lipinski definition) is 1. The molecular formula is C29H28FN5O3. The quantitative estimate of drug-likeness (QED) is 0.418. The summed E-state index contributed by atoms with van der Waals surface area (Å²) >= 11 is 0. The summed E-state index contributed by atoms with van der Waals surface area (Å²) in [6.07, 6.45) is 0. The van der Waals surface area contributed by atoms with E-state index in [4.69, 9.17) is 4.74 Å². The lowest BCUT2D eigenvalue weighted by Gasteiger charge is -2.32. The van der Waals surface area contributed by atoms with E-state index >= 15 is 0 Å². The van der Waals surface area contributed by atoms with Crippen molar-refractivity contribution in [2.75, 3.05) is 7.11 Å². The van der Waals surface area contributed by atoms with Crippen LogP contribution in [-0.4, -0.2) is 44.4 Å². The molecule has 2 amide bonds. The van der Waals surface area contributed by atoms with Crippen molar-refractivity contribution in [3.63, 3.8) is 0 Å². The lowest BCUT2D eigenvalue weighted by Crippen LogP contribution is -2.48. The Bertz CT molecular complexity index is 1490. The predicted octanol–water partition coefficient (Wildman–Crippen LogP) is 4.69. The molecule has 0 fully saturated rings. The first-order valence-electron chi connectivity index (χ1n) is 12.2. The maximum atomic E-state index is 14.7. The Balaban J connectivity index is 1.73. The van der Waals surface area contributed by atoms with Gasteiger partial charge in [0, 0.05) is 23.2 Å². The Morgan fingerprint density at radius 1 is 1.05 bits per heavy atom. The zero-order valence-electron chi connectivity index (χ0n) is 21.6. The molecule has 9 heteroatoms. The van der Waals surface area contributed by atoms with Gasteiger partial charge < -0.3 is 15.0 Å². The normalized spacial score (nSPS) is 14.9. The van der Waals surface area contributed by atoms with Gasteiger partial charge in [-0.15, -0.1) is 5.10 Å². The van der Waals surface area contributed by atoms with Crippen LogP contribution in [0.3, 0.4) is 0 Å². The zero-order chi connectivity index (χ0) is 27.0. The second kappa shape index (κ2) is 9.74. The smallest absolute Gasteiger partial charge is 0.276 e. The van der Waals surface area contributed by atoms with Crippen molar-refractivity contribution in [1.82, 2.24) is 25.2 Å². The molecule has 5 rings (SSSR count). The van der Waals surface area contributed by atoms with Gasteiger partial charge in [-0.05, 0) is 56.7 Å². The number of carbonyl (C=O) groups is 2. The first-order valence-corrected chi connectivity index (χ1v) is 12.2. The highest BCUT2D eigenvalue weighted by Crippen LogP contribution is 2.37. The SMILES string of the molecule is COc1ccc(CN2C(=O)c3c(-c4ccccc4)nnn3-c3ccc(F)cc3C2C(=O)NC(C)(C)C)cc1. The fourth-order valence-corrected chi connectivity index (χ4v) is 4.60. The lowest BCUT2D eigenvalue weighted by molar-refractivity contribution is -0.127. The first-order chi connectivity index (χ1) is 18.2. The van der Waals surface area contributed by atoms with Crippen LogP contribution in [0.1, 0.15) is 48.4 Å². The molecule has 4 aromatic rings. The highest BCUT2D eigenvalue weighted by molar-refractivity contribution is 6.02. The molecule has 1 atom stereocenters. The topological polar surface area (TPSA) is 89.3 Å². The maximum absolute atomic E-state index is 14.7. The van der Waals surface area contributed by atoms with Gasteiger partial charge in [-0.3, -0.25) is 9.59 Å². The number of ether oxygens (including phenoxy) is 1. The Hall–Kier alpha value is -4.53. The van der Waals surface area contributed by atoms with E-state index in [1.807, 2.05) is 63.2 Å². The second-order valence-corrected chi connectivity index (χ2v) is 10.2. The molecule has 1 unspecified atom stereocenters. The van der Waals surface area contributed by atoms with Crippen LogP contribution >= 0.6 is 0 Å². The Labute approximate surface area is 220 Å². The van der Waals surface area contributed by atoms with Crippen LogP contribution in [0.2, 0.25) is 0 Å². The van der Waals surface area contributed by atoms with Crippen LogP contribution in [-0.2, 0) is 11.3 Å². The Kier molecular flexibility index (Phi) is 6.44. The Morgan fingerprint density at radius 2 is 1.76 bits per heavy atom. The number of aromatic nitrogens is 3. The number of amides is 2. The van der Waals surface area contributed by atoms with E-state index < -0.39 is 29.2 Å². The van der Waals surface area contributed by atoms with Gasteiger partial charge in [-0.1, -0.05) is 47.7 Å². The van der Waals surface area contributed by atoms with Crippen molar-refractivity contribution in [3.8, 4) is 22.7 Å². The van der Waals surface area contributed by atoms with Crippen LogP contribution in [0.15, 0.2) is 72.8 Å². The van der Waals surface area contributed by atoms with Crippen LogP contribution in [0.4, 0.5) is 4.39 Å². The molecule has 1 aromatic heterocycles. The van der Waals surface area contributed by atoms with Gasteiger partial charge >= 0.3 is 0 Å². The molecule has 0 bridgehead atoms. The number of nitrogens with zero attached hydrogens (tertiary/aromatic N) is 4. The molecular weight excluding hydrogens is 485 g/mol. The number of nitrogens with one attached hydrogen (secondary N) is 1. The monoisotopic (exact) mass is 513 g/mol. The summed E-state index contributed by atoms with van der Waals surface area (Å²) < 4.78 is 21.4. The van der Waals surface area contributed by atoms with E-state index in [-0.39, 0.29) is 12.2 Å². The molecule has 38 heavy (non-hydrogen) atoms. The molecule has 1 aliphatic heterocycles. The van der Waals surface area contributed by atoms with Crippen molar-refractivity contribution in [2.24, 2.45) is 0 Å². The van der Waals surface area contributed by atoms with Gasteiger partial charge in [0.25, 0.3) is 5.91 Å². The van der Waals surface area contributed by atoms with E-state index in [0.717, 1.165) is 5.56 Å². The van der Waals surface area contributed by atoms with Gasteiger partial charge in [-0.25, -0.2) is 9.07 Å². The molecule has 194 valence electrons. The van der Waals surface area contributed by atoms with Crippen molar-refractivity contribution in [2.45, 2.75) is 38.9 Å². The summed E-state index contributed by atoms with van der Waals surface area (Å²) in [5.74, 6) is -0.735. The highest BCUT2D eigenvalue weighted by atomic mass is 19.1. The number of fused-ring (bicyclic) bond motifs is 3. The molecule has 0 aliphatic carbocycles. The summed E-state index contributed by atoms with van der Waals surface area (Å²) in [7, 11) is 1.57. The molecule has 3 aromatic carbocycles. The molecule has 1 aliphatic rings. The van der Waals surface area contributed by atoms with Crippen LogP contribution in [0.25, 0.3) is 16.9 Å². The molecule has 0 saturated heterocycles. The van der Waals surface area contributed by atoms with Crippen molar-refractivity contribution >= 4 is 11.8 Å². The van der Waals surface area contributed by atoms with E-state index in [1.54, 1.807) is 19.2 Å².